The average Bonchev–Trinajstić information content (AvgIpc) is 2.48. The number of hydrogen-bond donors (Lipinski definition) is 0. The number of ether oxygens (including phenoxy) is 1. The van der Waals surface area contributed by atoms with E-state index in [2.05, 4.69) is 4.74 Å². The molecule has 0 radical (unpaired) electrons. The van der Waals surface area contributed by atoms with Crippen molar-refractivity contribution in [1.82, 2.24) is 0 Å². The Morgan fingerprint density at radius 1 is 0.720 bits per heavy atom. The molecule has 0 aliphatic rings. The lowest BCUT2D eigenvalue weighted by Crippen LogP contribution is -2.68. The maximum Gasteiger partial charge on any atom is 0.471 e. The van der Waals surface area contributed by atoms with E-state index in [4.69, 9.17) is 0 Å². The Labute approximate surface area is 133 Å². The highest BCUT2D eigenvalue weighted by molar-refractivity contribution is 5.27. The molecular formula is C13H9F11O. The van der Waals surface area contributed by atoms with Crippen LogP contribution in [0.1, 0.15) is 5.56 Å². The molecule has 0 bridgehead atoms. The van der Waals surface area contributed by atoms with E-state index in [1.807, 2.05) is 0 Å². The molecular weight excluding hydrogens is 381 g/mol. The minimum absolute atomic E-state index is 0.418. The van der Waals surface area contributed by atoms with Crippen LogP contribution in [-0.2, 0) is 0 Å². The first-order valence-corrected chi connectivity index (χ1v) is 6.24. The van der Waals surface area contributed by atoms with Crippen LogP contribution in [0, 0.1) is 6.92 Å². The van der Waals surface area contributed by atoms with Gasteiger partial charge in [0.2, 0.25) is 0 Å². The van der Waals surface area contributed by atoms with Crippen LogP contribution in [0.3, 0.4) is 0 Å². The number of hydrogen-bond acceptors (Lipinski definition) is 1. The predicted octanol–water partition coefficient (Wildman–Crippen LogP) is 5.48. The van der Waals surface area contributed by atoms with E-state index in [1.165, 1.54) is 6.92 Å². The van der Waals surface area contributed by atoms with Crippen LogP contribution in [0.15, 0.2) is 24.3 Å². The van der Waals surface area contributed by atoms with E-state index in [-0.39, 0.29) is 0 Å². The van der Waals surface area contributed by atoms with Crippen molar-refractivity contribution in [3.63, 3.8) is 0 Å². The quantitative estimate of drug-likeness (QED) is 0.561. The Kier molecular flexibility index (Phi) is 5.28. The van der Waals surface area contributed by atoms with Crippen LogP contribution >= 0.6 is 0 Å². The third-order valence-corrected chi connectivity index (χ3v) is 3.05. The number of benzene rings is 1. The molecule has 0 heterocycles. The van der Waals surface area contributed by atoms with Gasteiger partial charge >= 0.3 is 29.8 Å². The normalized spacial score (nSPS) is 14.6. The van der Waals surface area contributed by atoms with Gasteiger partial charge in [0.15, 0.2) is 6.67 Å². The van der Waals surface area contributed by atoms with Gasteiger partial charge in [-0.25, -0.2) is 4.39 Å². The highest BCUT2D eigenvalue weighted by atomic mass is 19.4. The molecule has 0 atom stereocenters. The maximum absolute atomic E-state index is 13.4. The summed E-state index contributed by atoms with van der Waals surface area (Å²) >= 11 is 0. The van der Waals surface area contributed by atoms with Gasteiger partial charge in [-0.05, 0) is 19.1 Å². The number of halogens is 11. The van der Waals surface area contributed by atoms with Crippen molar-refractivity contribution < 1.29 is 53.0 Å². The molecule has 144 valence electrons. The summed E-state index contributed by atoms with van der Waals surface area (Å²) < 4.78 is 146. The minimum Gasteiger partial charge on any atom is -0.428 e. The third kappa shape index (κ3) is 3.34. The van der Waals surface area contributed by atoms with E-state index in [9.17, 15) is 48.3 Å². The lowest BCUT2D eigenvalue weighted by atomic mass is 9.98. The number of aryl methyl sites for hydroxylation is 1. The Morgan fingerprint density at radius 2 is 1.16 bits per heavy atom. The van der Waals surface area contributed by atoms with Crippen molar-refractivity contribution in [2.24, 2.45) is 0 Å². The van der Waals surface area contributed by atoms with Gasteiger partial charge in [-0.15, -0.1) is 0 Å². The van der Waals surface area contributed by atoms with Crippen LogP contribution in [0.2, 0.25) is 0 Å². The summed E-state index contributed by atoms with van der Waals surface area (Å²) in [6.45, 7) is -2.04. The minimum atomic E-state index is -7.34. The summed E-state index contributed by atoms with van der Waals surface area (Å²) in [4.78, 5) is 0. The molecule has 25 heavy (non-hydrogen) atoms. The fourth-order valence-corrected chi connectivity index (χ4v) is 1.51. The van der Waals surface area contributed by atoms with Gasteiger partial charge in [0.1, 0.15) is 5.75 Å². The molecule has 0 unspecified atom stereocenters. The smallest absolute Gasteiger partial charge is 0.428 e. The summed E-state index contributed by atoms with van der Waals surface area (Å²) in [5, 5.41) is 0. The second-order valence-electron chi connectivity index (χ2n) is 4.99. The monoisotopic (exact) mass is 390 g/mol. The molecule has 0 aromatic heterocycles. The van der Waals surface area contributed by atoms with E-state index < -0.39 is 42.2 Å². The molecule has 0 fully saturated rings. The first-order valence-electron chi connectivity index (χ1n) is 6.24. The van der Waals surface area contributed by atoms with Crippen molar-refractivity contribution in [2.75, 3.05) is 6.67 Å². The molecule has 12 heteroatoms. The molecule has 0 aliphatic carbocycles. The molecule has 0 spiro atoms. The van der Waals surface area contributed by atoms with Gasteiger partial charge in [-0.2, -0.15) is 43.9 Å². The van der Waals surface area contributed by atoms with Gasteiger partial charge < -0.3 is 4.74 Å². The Bertz CT molecular complexity index is 594. The zero-order valence-electron chi connectivity index (χ0n) is 12.1. The van der Waals surface area contributed by atoms with Crippen molar-refractivity contribution in [2.45, 2.75) is 36.7 Å². The summed E-state index contributed by atoms with van der Waals surface area (Å²) in [6, 6.07) is 3.33. The summed E-state index contributed by atoms with van der Waals surface area (Å²) in [5.74, 6) is -29.0. The summed E-state index contributed by atoms with van der Waals surface area (Å²) in [7, 11) is 0. The van der Waals surface area contributed by atoms with Gasteiger partial charge in [0.05, 0.1) is 0 Å². The van der Waals surface area contributed by atoms with Crippen LogP contribution in [-0.4, -0.2) is 36.5 Å². The van der Waals surface area contributed by atoms with Crippen molar-refractivity contribution >= 4 is 0 Å². The van der Waals surface area contributed by atoms with Crippen LogP contribution in [0.5, 0.6) is 5.75 Å². The van der Waals surface area contributed by atoms with Crippen molar-refractivity contribution in [3.8, 4) is 5.75 Å². The number of alkyl halides is 11. The summed E-state index contributed by atoms with van der Waals surface area (Å²) in [5.41, 5.74) is 0.418. The predicted molar refractivity (Wildman–Crippen MR) is 62.5 cm³/mol. The van der Waals surface area contributed by atoms with Crippen LogP contribution < -0.4 is 4.74 Å². The fourth-order valence-electron chi connectivity index (χ4n) is 1.51. The molecule has 0 saturated heterocycles. The molecule has 0 N–H and O–H groups in total. The van der Waals surface area contributed by atoms with E-state index in [1.54, 1.807) is 0 Å². The first-order chi connectivity index (χ1) is 11.0. The van der Waals surface area contributed by atoms with Crippen molar-refractivity contribution in [3.05, 3.63) is 29.8 Å². The van der Waals surface area contributed by atoms with Gasteiger partial charge in [-0.3, -0.25) is 0 Å². The molecule has 0 amide bonds. The second kappa shape index (κ2) is 6.20. The van der Waals surface area contributed by atoms with E-state index >= 15 is 0 Å². The third-order valence-electron chi connectivity index (χ3n) is 3.05. The van der Waals surface area contributed by atoms with Gasteiger partial charge in [-0.1, -0.05) is 17.7 Å². The molecule has 1 aromatic rings. The Hall–Kier alpha value is -1.75. The molecule has 0 aliphatic heterocycles. The zero-order chi connectivity index (χ0) is 19.9. The van der Waals surface area contributed by atoms with Crippen molar-refractivity contribution in [1.29, 1.82) is 0 Å². The highest BCUT2D eigenvalue weighted by Crippen LogP contribution is 2.57. The zero-order valence-corrected chi connectivity index (χ0v) is 12.1. The number of rotatable bonds is 7. The molecule has 1 aromatic carbocycles. The summed E-state index contributed by atoms with van der Waals surface area (Å²) in [6.07, 6.45) is -6.32. The van der Waals surface area contributed by atoms with Crippen LogP contribution in [0.4, 0.5) is 48.3 Å². The Morgan fingerprint density at radius 3 is 1.56 bits per heavy atom. The molecule has 0 saturated carbocycles. The largest absolute Gasteiger partial charge is 0.471 e. The van der Waals surface area contributed by atoms with E-state index in [0.717, 1.165) is 12.1 Å². The van der Waals surface area contributed by atoms with Gasteiger partial charge in [0, 0.05) is 0 Å². The maximum atomic E-state index is 13.4. The topological polar surface area (TPSA) is 9.23 Å². The standard InChI is InChI=1S/C13H9F11O/c1-7-2-4-8(5-3-7)25-13(23,24)12(21,22)11(19,20)10(17,18)9(15,16)6-14/h2-5H,6H2,1H3. The molecule has 1 rings (SSSR count). The molecule has 1 nitrogen and oxygen atoms in total. The fraction of sp³-hybridized carbons (Fsp3) is 0.538. The second-order valence-corrected chi connectivity index (χ2v) is 4.99. The van der Waals surface area contributed by atoms with Gasteiger partial charge in [0.25, 0.3) is 0 Å². The van der Waals surface area contributed by atoms with E-state index in [0.29, 0.717) is 17.7 Å². The first kappa shape index (κ1) is 21.3. The lowest BCUT2D eigenvalue weighted by molar-refractivity contribution is -0.431. The Balaban J connectivity index is 3.28. The highest BCUT2D eigenvalue weighted by Gasteiger charge is 2.87. The SMILES string of the molecule is Cc1ccc(OC(F)(F)C(F)(F)C(F)(F)C(F)(F)C(F)(F)CF)cc1. The average molecular weight is 390 g/mol. The lowest BCUT2D eigenvalue weighted by Gasteiger charge is -2.38. The van der Waals surface area contributed by atoms with Crippen LogP contribution in [0.25, 0.3) is 0 Å².